The molecule has 1 atom stereocenters. The van der Waals surface area contributed by atoms with Crippen molar-refractivity contribution in [2.45, 2.75) is 6.10 Å². The van der Waals surface area contributed by atoms with Gasteiger partial charge in [-0.1, -0.05) is 11.6 Å². The van der Waals surface area contributed by atoms with Crippen molar-refractivity contribution in [3.63, 3.8) is 0 Å². The molecule has 0 radical (unpaired) electrons. The lowest BCUT2D eigenvalue weighted by molar-refractivity contribution is -0.124. The average molecular weight is 228 g/mol. The normalized spacial score (nSPS) is 20.2. The van der Waals surface area contributed by atoms with Crippen molar-refractivity contribution in [1.29, 1.82) is 0 Å². The first kappa shape index (κ1) is 10.4. The summed E-state index contributed by atoms with van der Waals surface area (Å²) < 4.78 is 9.98. The maximum atomic E-state index is 11.6. The lowest BCUT2D eigenvalue weighted by atomic mass is 10.3. The van der Waals surface area contributed by atoms with Gasteiger partial charge in [-0.25, -0.2) is 0 Å². The lowest BCUT2D eigenvalue weighted by Gasteiger charge is -2.08. The molecule has 0 spiro atoms. The molecule has 0 saturated carbocycles. The van der Waals surface area contributed by atoms with Crippen LogP contribution in [-0.4, -0.2) is 25.4 Å². The molecule has 0 aliphatic carbocycles. The van der Waals surface area contributed by atoms with E-state index in [1.807, 2.05) is 0 Å². The van der Waals surface area contributed by atoms with Crippen molar-refractivity contribution in [1.82, 2.24) is 0 Å². The second kappa shape index (κ2) is 4.61. The van der Waals surface area contributed by atoms with Gasteiger partial charge in [0.15, 0.2) is 6.10 Å². The Labute approximate surface area is 92.1 Å². The molecular formula is C10H10ClNO3. The van der Waals surface area contributed by atoms with E-state index in [-0.39, 0.29) is 12.7 Å². The molecule has 4 nitrogen and oxygen atoms in total. The van der Waals surface area contributed by atoms with Gasteiger partial charge in [-0.15, -0.1) is 0 Å². The molecule has 0 unspecified atom stereocenters. The largest absolute Gasteiger partial charge is 0.352 e. The number of nitrogens with one attached hydrogen (secondary N) is 1. The van der Waals surface area contributed by atoms with Gasteiger partial charge in [0.05, 0.1) is 6.61 Å². The van der Waals surface area contributed by atoms with E-state index < -0.39 is 6.10 Å². The maximum Gasteiger partial charge on any atom is 0.256 e. The smallest absolute Gasteiger partial charge is 0.256 e. The average Bonchev–Trinajstić information content (AvgIpc) is 2.74. The first-order valence-corrected chi connectivity index (χ1v) is 4.89. The first-order valence-electron chi connectivity index (χ1n) is 4.51. The minimum absolute atomic E-state index is 0.179. The van der Waals surface area contributed by atoms with Crippen molar-refractivity contribution < 1.29 is 14.3 Å². The molecule has 1 aliphatic heterocycles. The van der Waals surface area contributed by atoms with Gasteiger partial charge in [0.1, 0.15) is 6.79 Å². The number of rotatable bonds is 2. The molecule has 1 aromatic rings. The van der Waals surface area contributed by atoms with Crippen LogP contribution in [0.25, 0.3) is 0 Å². The molecule has 1 N–H and O–H groups in total. The predicted molar refractivity (Wildman–Crippen MR) is 55.8 cm³/mol. The lowest BCUT2D eigenvalue weighted by Crippen LogP contribution is -2.29. The van der Waals surface area contributed by atoms with Crippen molar-refractivity contribution in [3.05, 3.63) is 29.3 Å². The van der Waals surface area contributed by atoms with E-state index in [1.54, 1.807) is 24.3 Å². The third-order valence-electron chi connectivity index (χ3n) is 2.03. The minimum atomic E-state index is -0.513. The predicted octanol–water partition coefficient (Wildman–Crippen LogP) is 1.65. The Morgan fingerprint density at radius 2 is 2.13 bits per heavy atom. The zero-order valence-electron chi connectivity index (χ0n) is 7.90. The van der Waals surface area contributed by atoms with Gasteiger partial charge in [0, 0.05) is 10.7 Å². The Kier molecular flexibility index (Phi) is 3.20. The molecule has 1 fully saturated rings. The number of halogens is 1. The molecule has 80 valence electrons. The topological polar surface area (TPSA) is 47.6 Å². The number of carbonyl (C=O) groups is 1. The third kappa shape index (κ3) is 2.68. The van der Waals surface area contributed by atoms with Crippen molar-refractivity contribution in [2.24, 2.45) is 0 Å². The summed E-state index contributed by atoms with van der Waals surface area (Å²) in [5.74, 6) is -0.199. The van der Waals surface area contributed by atoms with E-state index >= 15 is 0 Å². The highest BCUT2D eigenvalue weighted by Gasteiger charge is 2.24. The van der Waals surface area contributed by atoms with Crippen LogP contribution in [0, 0.1) is 0 Å². The number of amides is 1. The summed E-state index contributed by atoms with van der Waals surface area (Å²) in [6.07, 6.45) is -0.513. The molecule has 0 bridgehead atoms. The molecule has 5 heteroatoms. The second-order valence-electron chi connectivity index (χ2n) is 3.14. The zero-order valence-corrected chi connectivity index (χ0v) is 8.66. The van der Waals surface area contributed by atoms with Gasteiger partial charge in [0.2, 0.25) is 0 Å². The van der Waals surface area contributed by atoms with E-state index in [9.17, 15) is 4.79 Å². The summed E-state index contributed by atoms with van der Waals surface area (Å²) >= 11 is 5.72. The van der Waals surface area contributed by atoms with Crippen LogP contribution in [0.5, 0.6) is 0 Å². The third-order valence-corrected chi connectivity index (χ3v) is 2.28. The highest BCUT2D eigenvalue weighted by molar-refractivity contribution is 6.30. The van der Waals surface area contributed by atoms with Crippen LogP contribution in [0.2, 0.25) is 5.02 Å². The summed E-state index contributed by atoms with van der Waals surface area (Å²) in [5.41, 5.74) is 0.694. The Bertz CT molecular complexity index is 346. The number of anilines is 1. The molecule has 0 aromatic heterocycles. The second-order valence-corrected chi connectivity index (χ2v) is 3.58. The van der Waals surface area contributed by atoms with Crippen molar-refractivity contribution >= 4 is 23.2 Å². The molecule has 1 heterocycles. The van der Waals surface area contributed by atoms with E-state index in [4.69, 9.17) is 21.1 Å². The fourth-order valence-electron chi connectivity index (χ4n) is 1.24. The fourth-order valence-corrected chi connectivity index (χ4v) is 1.37. The standard InChI is InChI=1S/C10H10ClNO3/c11-7-1-3-8(4-2-7)12-10(13)9-5-14-6-15-9/h1-4,9H,5-6H2,(H,12,13)/t9-/m0/s1. The number of hydrogen-bond donors (Lipinski definition) is 1. The zero-order chi connectivity index (χ0) is 10.7. The van der Waals surface area contributed by atoms with Crippen LogP contribution in [0.1, 0.15) is 0 Å². The van der Waals surface area contributed by atoms with Gasteiger partial charge in [-0.05, 0) is 24.3 Å². The first-order chi connectivity index (χ1) is 7.25. The molecule has 1 amide bonds. The van der Waals surface area contributed by atoms with Crippen molar-refractivity contribution in [2.75, 3.05) is 18.7 Å². The van der Waals surface area contributed by atoms with Gasteiger partial charge in [0.25, 0.3) is 5.91 Å². The Hall–Kier alpha value is -1.10. The highest BCUT2D eigenvalue weighted by atomic mass is 35.5. The van der Waals surface area contributed by atoms with Crippen LogP contribution < -0.4 is 5.32 Å². The van der Waals surface area contributed by atoms with Crippen LogP contribution in [0.15, 0.2) is 24.3 Å². The fraction of sp³-hybridized carbons (Fsp3) is 0.300. The Morgan fingerprint density at radius 3 is 2.73 bits per heavy atom. The molecular weight excluding hydrogens is 218 g/mol. The number of hydrogen-bond acceptors (Lipinski definition) is 3. The summed E-state index contributed by atoms with van der Waals surface area (Å²) in [7, 11) is 0. The van der Waals surface area contributed by atoms with Crippen LogP contribution in [0.3, 0.4) is 0 Å². The van der Waals surface area contributed by atoms with Gasteiger partial charge < -0.3 is 14.8 Å². The highest BCUT2D eigenvalue weighted by Crippen LogP contribution is 2.14. The van der Waals surface area contributed by atoms with E-state index in [1.165, 1.54) is 0 Å². The van der Waals surface area contributed by atoms with Crippen LogP contribution in [-0.2, 0) is 14.3 Å². The van der Waals surface area contributed by atoms with Gasteiger partial charge >= 0.3 is 0 Å². The monoisotopic (exact) mass is 227 g/mol. The van der Waals surface area contributed by atoms with Gasteiger partial charge in [-0.2, -0.15) is 0 Å². The van der Waals surface area contributed by atoms with Crippen molar-refractivity contribution in [3.8, 4) is 0 Å². The molecule has 1 aromatic carbocycles. The van der Waals surface area contributed by atoms with E-state index in [2.05, 4.69) is 5.32 Å². The summed E-state index contributed by atoms with van der Waals surface area (Å²) in [4.78, 5) is 11.6. The molecule has 1 saturated heterocycles. The van der Waals surface area contributed by atoms with Crippen LogP contribution in [0.4, 0.5) is 5.69 Å². The summed E-state index contributed by atoms with van der Waals surface area (Å²) in [6, 6.07) is 6.89. The number of carbonyl (C=O) groups excluding carboxylic acids is 1. The van der Waals surface area contributed by atoms with E-state index in [0.717, 1.165) is 0 Å². The summed E-state index contributed by atoms with van der Waals surface area (Å²) in [5, 5.41) is 3.34. The minimum Gasteiger partial charge on any atom is -0.352 e. The quantitative estimate of drug-likeness (QED) is 0.836. The number of ether oxygens (including phenoxy) is 2. The molecule has 2 rings (SSSR count). The molecule has 1 aliphatic rings. The Balaban J connectivity index is 1.96. The summed E-state index contributed by atoms with van der Waals surface area (Å²) in [6.45, 7) is 0.484. The SMILES string of the molecule is O=C(Nc1ccc(Cl)cc1)[C@@H]1COCO1. The van der Waals surface area contributed by atoms with Crippen LogP contribution >= 0.6 is 11.6 Å². The number of benzene rings is 1. The van der Waals surface area contributed by atoms with E-state index in [0.29, 0.717) is 17.3 Å². The Morgan fingerprint density at radius 1 is 1.40 bits per heavy atom. The molecule has 15 heavy (non-hydrogen) atoms. The van der Waals surface area contributed by atoms with Gasteiger partial charge in [-0.3, -0.25) is 4.79 Å². The maximum absolute atomic E-state index is 11.6.